The van der Waals surface area contributed by atoms with Gasteiger partial charge in [-0.1, -0.05) is 17.9 Å². The molecule has 0 fully saturated rings. The van der Waals surface area contributed by atoms with Crippen LogP contribution in [0.5, 0.6) is 0 Å². The monoisotopic (exact) mass is 267 g/mol. The number of nitrogens with one attached hydrogen (secondary N) is 1. The molecule has 2 aromatic rings. The first-order valence-corrected chi connectivity index (χ1v) is 6.02. The van der Waals surface area contributed by atoms with Crippen molar-refractivity contribution in [3.05, 3.63) is 59.7 Å². The van der Waals surface area contributed by atoms with Gasteiger partial charge >= 0.3 is 0 Å². The van der Waals surface area contributed by atoms with Crippen LogP contribution in [0.2, 0.25) is 0 Å². The maximum absolute atomic E-state index is 11.9. The van der Waals surface area contributed by atoms with Gasteiger partial charge in [0.05, 0.1) is 0 Å². The molecular formula is C15H13N3O2. The second-order valence-electron chi connectivity index (χ2n) is 3.94. The van der Waals surface area contributed by atoms with Crippen molar-refractivity contribution in [3.8, 4) is 11.8 Å². The minimum atomic E-state index is -0.254. The number of rotatable bonds is 3. The lowest BCUT2D eigenvalue weighted by Crippen LogP contribution is -2.23. The van der Waals surface area contributed by atoms with Crippen molar-refractivity contribution < 1.29 is 9.90 Å². The molecule has 0 radical (unpaired) electrons. The highest BCUT2D eigenvalue weighted by atomic mass is 16.2. The fourth-order valence-electron chi connectivity index (χ4n) is 1.52. The molecule has 0 aliphatic carbocycles. The van der Waals surface area contributed by atoms with Crippen LogP contribution in [-0.2, 0) is 6.54 Å². The smallest absolute Gasteiger partial charge is 0.270 e. The summed E-state index contributed by atoms with van der Waals surface area (Å²) in [5.74, 6) is 4.98. The molecule has 2 N–H and O–H groups in total. The topological polar surface area (TPSA) is 75.1 Å². The predicted molar refractivity (Wildman–Crippen MR) is 73.6 cm³/mol. The van der Waals surface area contributed by atoms with Crippen LogP contribution < -0.4 is 5.32 Å². The predicted octanol–water partition coefficient (Wildman–Crippen LogP) is 0.750. The summed E-state index contributed by atoms with van der Waals surface area (Å²) in [5.41, 5.74) is 1.90. The molecule has 2 heterocycles. The molecule has 2 rings (SSSR count). The molecule has 0 aliphatic rings. The first-order valence-electron chi connectivity index (χ1n) is 6.02. The number of hydrogen-bond donors (Lipinski definition) is 2. The van der Waals surface area contributed by atoms with Crippen molar-refractivity contribution in [2.24, 2.45) is 0 Å². The molecule has 0 saturated heterocycles. The van der Waals surface area contributed by atoms with Gasteiger partial charge in [-0.25, -0.2) is 4.98 Å². The second-order valence-corrected chi connectivity index (χ2v) is 3.94. The van der Waals surface area contributed by atoms with E-state index in [1.807, 2.05) is 12.1 Å². The largest absolute Gasteiger partial charge is 0.384 e. The summed E-state index contributed by atoms with van der Waals surface area (Å²) in [6.07, 6.45) is 4.88. The van der Waals surface area contributed by atoms with Gasteiger partial charge in [0.2, 0.25) is 0 Å². The molecule has 0 atom stereocenters. The Morgan fingerprint density at radius 1 is 1.30 bits per heavy atom. The van der Waals surface area contributed by atoms with Crippen molar-refractivity contribution in [1.29, 1.82) is 0 Å². The highest BCUT2D eigenvalue weighted by Crippen LogP contribution is 2.00. The van der Waals surface area contributed by atoms with E-state index in [4.69, 9.17) is 5.11 Å². The van der Waals surface area contributed by atoms with E-state index < -0.39 is 0 Å². The Morgan fingerprint density at radius 3 is 2.85 bits per heavy atom. The van der Waals surface area contributed by atoms with Crippen LogP contribution in [0.15, 0.2) is 42.9 Å². The maximum Gasteiger partial charge on any atom is 0.270 e. The summed E-state index contributed by atoms with van der Waals surface area (Å²) in [5, 5.41) is 11.3. The molecular weight excluding hydrogens is 254 g/mol. The standard InChI is InChI=1S/C15H13N3O2/c19-8-2-4-12-5-6-14(17-10-12)15(20)18-11-13-3-1-7-16-9-13/h1,3,5-7,9-10,19H,8,11H2,(H,18,20). The van der Waals surface area contributed by atoms with Gasteiger partial charge in [-0.05, 0) is 23.8 Å². The van der Waals surface area contributed by atoms with Gasteiger partial charge in [-0.15, -0.1) is 0 Å². The Balaban J connectivity index is 1.96. The summed E-state index contributed by atoms with van der Waals surface area (Å²) >= 11 is 0. The molecule has 1 amide bonds. The molecule has 0 bridgehead atoms. The molecule has 0 spiro atoms. The number of amides is 1. The molecule has 100 valence electrons. The molecule has 5 heteroatoms. The average Bonchev–Trinajstić information content (AvgIpc) is 2.52. The van der Waals surface area contributed by atoms with Crippen LogP contribution in [0.3, 0.4) is 0 Å². The minimum absolute atomic E-state index is 0.201. The fraction of sp³-hybridized carbons (Fsp3) is 0.133. The lowest BCUT2D eigenvalue weighted by atomic mass is 10.2. The normalized spacial score (nSPS) is 9.45. The third-order valence-electron chi connectivity index (χ3n) is 2.48. The summed E-state index contributed by atoms with van der Waals surface area (Å²) in [6, 6.07) is 6.98. The SMILES string of the molecule is O=C(NCc1cccnc1)c1ccc(C#CCO)cn1. The Kier molecular flexibility index (Phi) is 4.81. The molecule has 0 saturated carbocycles. The molecule has 20 heavy (non-hydrogen) atoms. The van der Waals surface area contributed by atoms with Crippen LogP contribution in [0.1, 0.15) is 21.6 Å². The van der Waals surface area contributed by atoms with Crippen LogP contribution in [0, 0.1) is 11.8 Å². The number of hydrogen-bond acceptors (Lipinski definition) is 4. The van der Waals surface area contributed by atoms with E-state index in [1.54, 1.807) is 24.5 Å². The summed E-state index contributed by atoms with van der Waals surface area (Å²) in [7, 11) is 0. The number of aromatic nitrogens is 2. The molecule has 0 aromatic carbocycles. The molecule has 5 nitrogen and oxygen atoms in total. The van der Waals surface area contributed by atoms with Gasteiger partial charge in [-0.3, -0.25) is 9.78 Å². The summed E-state index contributed by atoms with van der Waals surface area (Å²) in [4.78, 5) is 19.9. The van der Waals surface area contributed by atoms with Crippen molar-refractivity contribution in [2.75, 3.05) is 6.61 Å². The van der Waals surface area contributed by atoms with Crippen LogP contribution >= 0.6 is 0 Å². The Hall–Kier alpha value is -2.71. The quantitative estimate of drug-likeness (QED) is 0.805. The van der Waals surface area contributed by atoms with Gasteiger partial charge in [0, 0.05) is 30.7 Å². The number of carbonyl (C=O) groups is 1. The zero-order valence-electron chi connectivity index (χ0n) is 10.7. The summed E-state index contributed by atoms with van der Waals surface area (Å²) < 4.78 is 0. The number of carbonyl (C=O) groups excluding carboxylic acids is 1. The van der Waals surface area contributed by atoms with Gasteiger partial charge in [0.25, 0.3) is 5.91 Å². The Bertz CT molecular complexity index is 628. The highest BCUT2D eigenvalue weighted by molar-refractivity contribution is 5.92. The van der Waals surface area contributed by atoms with E-state index in [1.165, 1.54) is 6.20 Å². The minimum Gasteiger partial charge on any atom is -0.384 e. The van der Waals surface area contributed by atoms with Gasteiger partial charge in [0.1, 0.15) is 12.3 Å². The van der Waals surface area contributed by atoms with Gasteiger partial charge in [0.15, 0.2) is 0 Å². The van der Waals surface area contributed by atoms with Crippen molar-refractivity contribution >= 4 is 5.91 Å². The zero-order chi connectivity index (χ0) is 14.2. The number of aliphatic hydroxyl groups is 1. The van der Waals surface area contributed by atoms with Crippen molar-refractivity contribution in [3.63, 3.8) is 0 Å². The van der Waals surface area contributed by atoms with Crippen molar-refractivity contribution in [1.82, 2.24) is 15.3 Å². The van der Waals surface area contributed by atoms with E-state index in [0.29, 0.717) is 17.8 Å². The average molecular weight is 267 g/mol. The van der Waals surface area contributed by atoms with E-state index in [9.17, 15) is 4.79 Å². The van der Waals surface area contributed by atoms with E-state index in [0.717, 1.165) is 5.56 Å². The molecule has 0 unspecified atom stereocenters. The van der Waals surface area contributed by atoms with E-state index in [2.05, 4.69) is 27.1 Å². The number of nitrogens with zero attached hydrogens (tertiary/aromatic N) is 2. The van der Waals surface area contributed by atoms with Crippen LogP contribution in [0.25, 0.3) is 0 Å². The van der Waals surface area contributed by atoms with Gasteiger partial charge < -0.3 is 10.4 Å². The molecule has 0 aliphatic heterocycles. The zero-order valence-corrected chi connectivity index (χ0v) is 10.7. The fourth-order valence-corrected chi connectivity index (χ4v) is 1.52. The lowest BCUT2D eigenvalue weighted by molar-refractivity contribution is 0.0946. The second kappa shape index (κ2) is 7.02. The highest BCUT2D eigenvalue weighted by Gasteiger charge is 2.06. The van der Waals surface area contributed by atoms with E-state index in [-0.39, 0.29) is 12.5 Å². The molecule has 2 aromatic heterocycles. The Labute approximate surface area is 116 Å². The first-order chi connectivity index (χ1) is 9.79. The number of pyridine rings is 2. The number of aliphatic hydroxyl groups excluding tert-OH is 1. The third kappa shape index (κ3) is 3.90. The van der Waals surface area contributed by atoms with Gasteiger partial charge in [-0.2, -0.15) is 0 Å². The Morgan fingerprint density at radius 2 is 2.20 bits per heavy atom. The van der Waals surface area contributed by atoms with E-state index >= 15 is 0 Å². The first kappa shape index (κ1) is 13.7. The van der Waals surface area contributed by atoms with Crippen LogP contribution in [0.4, 0.5) is 0 Å². The third-order valence-corrected chi connectivity index (χ3v) is 2.48. The van der Waals surface area contributed by atoms with Crippen molar-refractivity contribution in [2.45, 2.75) is 6.54 Å². The van der Waals surface area contributed by atoms with Crippen LogP contribution in [-0.4, -0.2) is 27.6 Å². The lowest BCUT2D eigenvalue weighted by Gasteiger charge is -2.04. The summed E-state index contributed by atoms with van der Waals surface area (Å²) in [6.45, 7) is 0.202. The maximum atomic E-state index is 11.9.